The van der Waals surface area contributed by atoms with Crippen molar-refractivity contribution < 1.29 is 9.53 Å². The summed E-state index contributed by atoms with van der Waals surface area (Å²) in [5.41, 5.74) is 0. The molecular formula is C10H19NO2. The number of ether oxygens (including phenoxy) is 1. The first-order valence-electron chi connectivity index (χ1n) is 5.13. The van der Waals surface area contributed by atoms with Crippen LogP contribution in [0.15, 0.2) is 0 Å². The average molecular weight is 185 g/mol. The highest BCUT2D eigenvalue weighted by molar-refractivity contribution is 5.79. The quantitative estimate of drug-likeness (QED) is 0.627. The number of carbonyl (C=O) groups is 1. The zero-order valence-corrected chi connectivity index (χ0v) is 8.34. The summed E-state index contributed by atoms with van der Waals surface area (Å²) in [5.74, 6) is 0.805. The topological polar surface area (TPSA) is 38.3 Å². The molecule has 0 aliphatic carbocycles. The van der Waals surface area contributed by atoms with Crippen molar-refractivity contribution in [3.63, 3.8) is 0 Å². The summed E-state index contributed by atoms with van der Waals surface area (Å²) in [6.07, 6.45) is 2.81. The molecule has 1 fully saturated rings. The van der Waals surface area contributed by atoms with E-state index in [2.05, 4.69) is 5.32 Å². The van der Waals surface area contributed by atoms with Crippen LogP contribution in [0, 0.1) is 5.92 Å². The molecular weight excluding hydrogens is 166 g/mol. The van der Waals surface area contributed by atoms with E-state index >= 15 is 0 Å². The molecule has 0 aromatic heterocycles. The molecule has 0 amide bonds. The van der Waals surface area contributed by atoms with Gasteiger partial charge in [-0.3, -0.25) is 4.79 Å². The van der Waals surface area contributed by atoms with E-state index in [9.17, 15) is 4.79 Å². The van der Waals surface area contributed by atoms with Gasteiger partial charge < -0.3 is 10.1 Å². The van der Waals surface area contributed by atoms with Crippen LogP contribution in [0.4, 0.5) is 0 Å². The third kappa shape index (κ3) is 4.39. The van der Waals surface area contributed by atoms with E-state index in [-0.39, 0.29) is 5.78 Å². The minimum atomic E-state index is 0.252. The van der Waals surface area contributed by atoms with Gasteiger partial charge in [0.1, 0.15) is 6.61 Å². The van der Waals surface area contributed by atoms with Crippen LogP contribution in [0.3, 0.4) is 0 Å². The Morgan fingerprint density at radius 2 is 2.46 bits per heavy atom. The van der Waals surface area contributed by atoms with E-state index in [0.717, 1.165) is 25.9 Å². The molecule has 1 unspecified atom stereocenters. The average Bonchev–Trinajstić information content (AvgIpc) is 2.57. The van der Waals surface area contributed by atoms with Gasteiger partial charge in [0.05, 0.1) is 0 Å². The van der Waals surface area contributed by atoms with Gasteiger partial charge in [-0.1, -0.05) is 6.92 Å². The van der Waals surface area contributed by atoms with Crippen molar-refractivity contribution >= 4 is 5.78 Å². The van der Waals surface area contributed by atoms with Crippen LogP contribution in [0.2, 0.25) is 0 Å². The second kappa shape index (κ2) is 6.11. The zero-order chi connectivity index (χ0) is 9.52. The van der Waals surface area contributed by atoms with E-state index < -0.39 is 0 Å². The van der Waals surface area contributed by atoms with Gasteiger partial charge in [0.25, 0.3) is 0 Å². The lowest BCUT2D eigenvalue weighted by atomic mass is 10.0. The first-order chi connectivity index (χ1) is 6.33. The van der Waals surface area contributed by atoms with Crippen molar-refractivity contribution in [2.75, 3.05) is 26.3 Å². The molecule has 0 spiro atoms. The summed E-state index contributed by atoms with van der Waals surface area (Å²) in [7, 11) is 0. The smallest absolute Gasteiger partial charge is 0.158 e. The lowest BCUT2D eigenvalue weighted by molar-refractivity contribution is -0.124. The van der Waals surface area contributed by atoms with Crippen LogP contribution in [0.25, 0.3) is 0 Å². The van der Waals surface area contributed by atoms with Gasteiger partial charge in [0.15, 0.2) is 5.78 Å². The van der Waals surface area contributed by atoms with Crippen LogP contribution in [0.5, 0.6) is 0 Å². The summed E-state index contributed by atoms with van der Waals surface area (Å²) in [6, 6.07) is 0. The van der Waals surface area contributed by atoms with Gasteiger partial charge in [0.2, 0.25) is 0 Å². The lowest BCUT2D eigenvalue weighted by Gasteiger charge is -2.06. The van der Waals surface area contributed by atoms with Gasteiger partial charge >= 0.3 is 0 Å². The van der Waals surface area contributed by atoms with Crippen LogP contribution >= 0.6 is 0 Å². The monoisotopic (exact) mass is 185 g/mol. The van der Waals surface area contributed by atoms with Gasteiger partial charge in [-0.05, 0) is 31.8 Å². The SMILES string of the molecule is CCCOCC(=O)CC1CCNC1. The molecule has 1 atom stereocenters. The fourth-order valence-corrected chi connectivity index (χ4v) is 1.60. The molecule has 76 valence electrons. The minimum absolute atomic E-state index is 0.252. The molecule has 1 N–H and O–H groups in total. The van der Waals surface area contributed by atoms with Crippen molar-refractivity contribution in [2.24, 2.45) is 5.92 Å². The van der Waals surface area contributed by atoms with Gasteiger partial charge in [-0.25, -0.2) is 0 Å². The molecule has 0 saturated carbocycles. The Hall–Kier alpha value is -0.410. The number of Topliss-reactive ketones (excluding diaryl/α,β-unsaturated/α-hetero) is 1. The van der Waals surface area contributed by atoms with Gasteiger partial charge in [-0.15, -0.1) is 0 Å². The molecule has 13 heavy (non-hydrogen) atoms. The number of nitrogens with one attached hydrogen (secondary N) is 1. The molecule has 1 aliphatic rings. The standard InChI is InChI=1S/C10H19NO2/c1-2-5-13-8-10(12)6-9-3-4-11-7-9/h9,11H,2-8H2,1H3. The second-order valence-electron chi connectivity index (χ2n) is 3.65. The van der Waals surface area contributed by atoms with Crippen LogP contribution in [-0.2, 0) is 9.53 Å². The maximum Gasteiger partial charge on any atom is 0.158 e. The number of hydrogen-bond acceptors (Lipinski definition) is 3. The Morgan fingerprint density at radius 3 is 3.08 bits per heavy atom. The minimum Gasteiger partial charge on any atom is -0.374 e. The second-order valence-corrected chi connectivity index (χ2v) is 3.65. The fourth-order valence-electron chi connectivity index (χ4n) is 1.60. The summed E-state index contributed by atoms with van der Waals surface area (Å²) >= 11 is 0. The van der Waals surface area contributed by atoms with Crippen molar-refractivity contribution in [3.05, 3.63) is 0 Å². The predicted molar refractivity (Wildman–Crippen MR) is 51.7 cm³/mol. The Kier molecular flexibility index (Phi) is 5.01. The number of carbonyl (C=O) groups excluding carboxylic acids is 1. The zero-order valence-electron chi connectivity index (χ0n) is 8.34. The first-order valence-corrected chi connectivity index (χ1v) is 5.13. The number of ketones is 1. The molecule has 3 heteroatoms. The summed E-state index contributed by atoms with van der Waals surface area (Å²) in [5, 5.41) is 3.25. The fraction of sp³-hybridized carbons (Fsp3) is 0.900. The first kappa shape index (κ1) is 10.7. The molecule has 1 rings (SSSR count). The molecule has 3 nitrogen and oxygen atoms in total. The maximum atomic E-state index is 11.3. The maximum absolute atomic E-state index is 11.3. The highest BCUT2D eigenvalue weighted by Crippen LogP contribution is 2.12. The van der Waals surface area contributed by atoms with E-state index in [1.54, 1.807) is 0 Å². The molecule has 1 aliphatic heterocycles. The van der Waals surface area contributed by atoms with Crippen molar-refractivity contribution in [1.29, 1.82) is 0 Å². The largest absolute Gasteiger partial charge is 0.374 e. The number of rotatable bonds is 6. The molecule has 1 heterocycles. The van der Waals surface area contributed by atoms with E-state index in [0.29, 0.717) is 25.6 Å². The lowest BCUT2D eigenvalue weighted by Crippen LogP contribution is -2.16. The Balaban J connectivity index is 2.02. The highest BCUT2D eigenvalue weighted by Gasteiger charge is 2.17. The van der Waals surface area contributed by atoms with E-state index in [1.807, 2.05) is 6.92 Å². The summed E-state index contributed by atoms with van der Waals surface area (Å²) in [4.78, 5) is 11.3. The third-order valence-corrected chi connectivity index (χ3v) is 2.29. The van der Waals surface area contributed by atoms with E-state index in [4.69, 9.17) is 4.74 Å². The third-order valence-electron chi connectivity index (χ3n) is 2.29. The van der Waals surface area contributed by atoms with Crippen LogP contribution < -0.4 is 5.32 Å². The normalized spacial score (nSPS) is 22.1. The Labute approximate surface area is 79.8 Å². The highest BCUT2D eigenvalue weighted by atomic mass is 16.5. The van der Waals surface area contributed by atoms with Gasteiger partial charge in [0, 0.05) is 13.0 Å². The summed E-state index contributed by atoms with van der Waals surface area (Å²) in [6.45, 7) is 5.12. The van der Waals surface area contributed by atoms with Crippen molar-refractivity contribution in [1.82, 2.24) is 5.32 Å². The van der Waals surface area contributed by atoms with Crippen LogP contribution in [-0.4, -0.2) is 32.1 Å². The van der Waals surface area contributed by atoms with Gasteiger partial charge in [-0.2, -0.15) is 0 Å². The Morgan fingerprint density at radius 1 is 1.62 bits per heavy atom. The molecule has 0 radical (unpaired) electrons. The number of hydrogen-bond donors (Lipinski definition) is 1. The predicted octanol–water partition coefficient (Wildman–Crippen LogP) is 0.982. The molecule has 0 bridgehead atoms. The van der Waals surface area contributed by atoms with E-state index in [1.165, 1.54) is 0 Å². The molecule has 1 saturated heterocycles. The summed E-state index contributed by atoms with van der Waals surface area (Å²) < 4.78 is 5.18. The molecule has 0 aromatic rings. The molecule has 0 aromatic carbocycles. The van der Waals surface area contributed by atoms with Crippen molar-refractivity contribution in [2.45, 2.75) is 26.2 Å². The Bertz CT molecular complexity index is 153. The van der Waals surface area contributed by atoms with Crippen molar-refractivity contribution in [3.8, 4) is 0 Å². The van der Waals surface area contributed by atoms with Crippen LogP contribution in [0.1, 0.15) is 26.2 Å².